The van der Waals surface area contributed by atoms with Gasteiger partial charge in [-0.1, -0.05) is 42.5 Å². The van der Waals surface area contributed by atoms with Crippen molar-refractivity contribution in [2.75, 3.05) is 43.5 Å². The largest absolute Gasteiger partial charge is 0.497 e. The molecule has 10 nitrogen and oxygen atoms in total. The van der Waals surface area contributed by atoms with Crippen LogP contribution in [-0.2, 0) is 6.54 Å². The van der Waals surface area contributed by atoms with Crippen molar-refractivity contribution < 1.29 is 4.74 Å². The van der Waals surface area contributed by atoms with Gasteiger partial charge in [0.2, 0.25) is 11.7 Å². The van der Waals surface area contributed by atoms with Gasteiger partial charge in [0.05, 0.1) is 23.8 Å². The van der Waals surface area contributed by atoms with Crippen molar-refractivity contribution in [2.45, 2.75) is 20.4 Å². The molecule has 7 aromatic rings. The fraction of sp³-hybridized carbons (Fsp3) is 0.211. The molecule has 4 aromatic carbocycles. The molecule has 0 amide bonds. The van der Waals surface area contributed by atoms with Gasteiger partial charge < -0.3 is 15.0 Å². The second kappa shape index (κ2) is 12.1. The summed E-state index contributed by atoms with van der Waals surface area (Å²) in [6.45, 7) is 8.83. The van der Waals surface area contributed by atoms with Gasteiger partial charge in [-0.25, -0.2) is 14.5 Å². The Balaban J connectivity index is 1.06. The van der Waals surface area contributed by atoms with Crippen LogP contribution < -0.4 is 20.5 Å². The second-order valence-corrected chi connectivity index (χ2v) is 12.3. The first-order chi connectivity index (χ1) is 23.5. The molecule has 4 heterocycles. The molecule has 0 saturated carbocycles. The highest BCUT2D eigenvalue weighted by Crippen LogP contribution is 2.27. The normalized spacial score (nSPS) is 13.9. The number of rotatable bonds is 7. The van der Waals surface area contributed by atoms with Crippen molar-refractivity contribution in [3.05, 3.63) is 124 Å². The zero-order valence-corrected chi connectivity index (χ0v) is 27.2. The van der Waals surface area contributed by atoms with Crippen LogP contribution in [0.1, 0.15) is 16.7 Å². The Morgan fingerprint density at radius 1 is 0.833 bits per heavy atom. The number of methoxy groups -OCH3 is 1. The minimum absolute atomic E-state index is 0.204. The smallest absolute Gasteiger partial charge is 0.270 e. The van der Waals surface area contributed by atoms with Gasteiger partial charge in [-0.15, -0.1) is 0 Å². The molecule has 3 aromatic heterocycles. The van der Waals surface area contributed by atoms with E-state index in [9.17, 15) is 4.79 Å². The number of ether oxygens (including phenoxy) is 1. The molecule has 0 radical (unpaired) electrons. The van der Waals surface area contributed by atoms with Crippen LogP contribution >= 0.6 is 0 Å². The predicted octanol–water partition coefficient (Wildman–Crippen LogP) is 6.27. The van der Waals surface area contributed by atoms with Gasteiger partial charge in [0, 0.05) is 50.3 Å². The van der Waals surface area contributed by atoms with Gasteiger partial charge in [-0.3, -0.25) is 14.1 Å². The van der Waals surface area contributed by atoms with Crippen LogP contribution in [0, 0.1) is 13.8 Å². The number of para-hydroxylation sites is 3. The zero-order valence-electron chi connectivity index (χ0n) is 27.2. The third-order valence-corrected chi connectivity index (χ3v) is 9.22. The SMILES string of the molecule is COc1cccc(CN2CCN(c3ccc(Nc4ncc5c(=O)n(-c6c(C)cccc6C)c6nc7ccccc7n6c5n4)cc3)CC2)c1. The van der Waals surface area contributed by atoms with Gasteiger partial charge in [-0.05, 0) is 79.1 Å². The number of nitrogens with one attached hydrogen (secondary N) is 1. The average Bonchev–Trinajstić information content (AvgIpc) is 3.50. The average molecular weight is 637 g/mol. The first-order valence-corrected chi connectivity index (χ1v) is 16.2. The van der Waals surface area contributed by atoms with E-state index in [1.165, 1.54) is 11.3 Å². The number of benzene rings is 4. The van der Waals surface area contributed by atoms with Crippen LogP contribution in [0.4, 0.5) is 17.3 Å². The molecule has 8 rings (SSSR count). The zero-order chi connectivity index (χ0) is 32.8. The first-order valence-electron chi connectivity index (χ1n) is 16.2. The van der Waals surface area contributed by atoms with Crippen LogP contribution in [0.3, 0.4) is 0 Å². The maximum absolute atomic E-state index is 14.1. The van der Waals surface area contributed by atoms with E-state index in [1.54, 1.807) is 17.9 Å². The molecular weight excluding hydrogens is 600 g/mol. The van der Waals surface area contributed by atoms with E-state index in [0.29, 0.717) is 22.8 Å². The van der Waals surface area contributed by atoms with Crippen molar-refractivity contribution >= 4 is 45.2 Å². The molecule has 0 bridgehead atoms. The summed E-state index contributed by atoms with van der Waals surface area (Å²) in [5.41, 5.74) is 8.07. The molecule has 1 aliphatic rings. The predicted molar refractivity (Wildman–Crippen MR) is 191 cm³/mol. The van der Waals surface area contributed by atoms with E-state index < -0.39 is 0 Å². The third-order valence-electron chi connectivity index (χ3n) is 9.22. The first kappa shape index (κ1) is 29.6. The Morgan fingerprint density at radius 3 is 2.35 bits per heavy atom. The highest BCUT2D eigenvalue weighted by Gasteiger charge is 2.21. The molecule has 1 N–H and O–H groups in total. The lowest BCUT2D eigenvalue weighted by Crippen LogP contribution is -2.45. The quantitative estimate of drug-likeness (QED) is 0.219. The second-order valence-electron chi connectivity index (χ2n) is 12.3. The number of aryl methyl sites for hydroxylation is 2. The van der Waals surface area contributed by atoms with Crippen molar-refractivity contribution in [1.82, 2.24) is 28.8 Å². The lowest BCUT2D eigenvalue weighted by Gasteiger charge is -2.36. The Labute approximate surface area is 277 Å². The number of piperazine rings is 1. The van der Waals surface area contributed by atoms with Crippen molar-refractivity contribution in [1.29, 1.82) is 0 Å². The summed E-state index contributed by atoms with van der Waals surface area (Å²) >= 11 is 0. The van der Waals surface area contributed by atoms with E-state index >= 15 is 0 Å². The molecule has 1 saturated heterocycles. The molecule has 0 atom stereocenters. The summed E-state index contributed by atoms with van der Waals surface area (Å²) in [4.78, 5) is 33.4. The van der Waals surface area contributed by atoms with Gasteiger partial charge >= 0.3 is 0 Å². The Hall–Kier alpha value is -5.74. The number of anilines is 3. The number of nitrogens with zero attached hydrogens (tertiary/aromatic N) is 7. The van der Waals surface area contributed by atoms with Crippen molar-refractivity contribution in [3.63, 3.8) is 0 Å². The van der Waals surface area contributed by atoms with Crippen LogP contribution in [-0.4, -0.2) is 62.1 Å². The Morgan fingerprint density at radius 2 is 1.58 bits per heavy atom. The summed E-state index contributed by atoms with van der Waals surface area (Å²) < 4.78 is 9.04. The molecule has 0 aliphatic carbocycles. The van der Waals surface area contributed by atoms with Crippen LogP contribution in [0.25, 0.3) is 33.5 Å². The van der Waals surface area contributed by atoms with Gasteiger partial charge in [-0.2, -0.15) is 4.98 Å². The van der Waals surface area contributed by atoms with Crippen LogP contribution in [0.5, 0.6) is 5.75 Å². The fourth-order valence-electron chi connectivity index (χ4n) is 6.78. The molecule has 1 fully saturated rings. The number of hydrogen-bond acceptors (Lipinski definition) is 8. The molecule has 0 spiro atoms. The molecular formula is C38H36N8O2. The van der Waals surface area contributed by atoms with Crippen molar-refractivity contribution in [2.24, 2.45) is 0 Å². The van der Waals surface area contributed by atoms with E-state index in [0.717, 1.165) is 72.0 Å². The molecule has 48 heavy (non-hydrogen) atoms. The minimum atomic E-state index is -0.204. The van der Waals surface area contributed by atoms with E-state index in [4.69, 9.17) is 14.7 Å². The molecule has 1 aliphatic heterocycles. The van der Waals surface area contributed by atoms with Crippen molar-refractivity contribution in [3.8, 4) is 11.4 Å². The molecule has 10 heteroatoms. The highest BCUT2D eigenvalue weighted by molar-refractivity contribution is 5.88. The van der Waals surface area contributed by atoms with Gasteiger partial charge in [0.1, 0.15) is 11.1 Å². The summed E-state index contributed by atoms with van der Waals surface area (Å²) in [5, 5.41) is 3.77. The summed E-state index contributed by atoms with van der Waals surface area (Å²) in [5.74, 6) is 1.82. The minimum Gasteiger partial charge on any atom is -0.497 e. The lowest BCUT2D eigenvalue weighted by molar-refractivity contribution is 0.249. The summed E-state index contributed by atoms with van der Waals surface area (Å²) in [6.07, 6.45) is 1.62. The third kappa shape index (κ3) is 5.29. The summed E-state index contributed by atoms with van der Waals surface area (Å²) in [7, 11) is 1.71. The van der Waals surface area contributed by atoms with E-state index in [2.05, 4.69) is 44.4 Å². The monoisotopic (exact) mass is 636 g/mol. The van der Waals surface area contributed by atoms with Crippen LogP contribution in [0.2, 0.25) is 0 Å². The van der Waals surface area contributed by atoms with Gasteiger partial charge in [0.15, 0.2) is 5.65 Å². The number of hydrogen-bond donors (Lipinski definition) is 1. The molecule has 240 valence electrons. The Kier molecular flexibility index (Phi) is 7.49. The fourth-order valence-corrected chi connectivity index (χ4v) is 6.78. The number of imidazole rings is 1. The maximum atomic E-state index is 14.1. The topological polar surface area (TPSA) is 92.8 Å². The maximum Gasteiger partial charge on any atom is 0.270 e. The number of fused-ring (bicyclic) bond motifs is 5. The molecule has 0 unspecified atom stereocenters. The van der Waals surface area contributed by atoms with E-state index in [1.807, 2.05) is 85.0 Å². The lowest BCUT2D eigenvalue weighted by atomic mass is 10.1. The number of aromatic nitrogens is 5. The van der Waals surface area contributed by atoms with Gasteiger partial charge in [0.25, 0.3) is 5.56 Å². The standard InChI is InChI=1S/C38H36N8O2/c1-25-8-6-9-26(2)34(25)46-36(47)31-23-39-37(42-35(31)45-33-13-5-4-12-32(33)41-38(45)46)40-28-14-16-29(17-15-28)44-20-18-43(19-21-44)24-27-10-7-11-30(22-27)48-3/h4-17,22-23H,18-21,24H2,1-3H3,(H,39,40,42). The van der Waals surface area contributed by atoms with Crippen LogP contribution in [0.15, 0.2) is 102 Å². The summed E-state index contributed by atoms with van der Waals surface area (Å²) in [6, 6.07) is 30.6. The highest BCUT2D eigenvalue weighted by atomic mass is 16.5. The Bertz CT molecular complexity index is 2330. The van der Waals surface area contributed by atoms with E-state index in [-0.39, 0.29) is 5.56 Å².